The average molecular weight is 369 g/mol. The minimum absolute atomic E-state index is 0.0933. The minimum Gasteiger partial charge on any atom is -0.354 e. The maximum absolute atomic E-state index is 13.2. The zero-order chi connectivity index (χ0) is 19.8. The molecule has 0 unspecified atom stereocenters. The molecular weight excluding hydrogens is 346 g/mol. The van der Waals surface area contributed by atoms with Gasteiger partial charge in [-0.3, -0.25) is 9.59 Å². The summed E-state index contributed by atoms with van der Waals surface area (Å²) in [6.07, 6.45) is 1.78. The van der Waals surface area contributed by atoms with Crippen molar-refractivity contribution in [1.29, 1.82) is 0 Å². The third-order valence-corrected chi connectivity index (χ3v) is 5.42. The Labute approximate surface area is 165 Å². The van der Waals surface area contributed by atoms with Gasteiger partial charge in [0.2, 0.25) is 0 Å². The number of nitrogens with one attached hydrogen (secondary N) is 1. The van der Waals surface area contributed by atoms with Crippen LogP contribution in [0.4, 0.5) is 11.4 Å². The SMILES string of the molecule is CCc1cc(C)cc(CC)c1Nc1cccc2c1C(=O)c1ccccc1C2=O. The highest BCUT2D eigenvalue weighted by Crippen LogP contribution is 2.35. The first-order chi connectivity index (χ1) is 13.5. The van der Waals surface area contributed by atoms with Crippen molar-refractivity contribution in [2.75, 3.05) is 5.32 Å². The van der Waals surface area contributed by atoms with E-state index < -0.39 is 0 Å². The quantitative estimate of drug-likeness (QED) is 0.506. The monoisotopic (exact) mass is 369 g/mol. The van der Waals surface area contributed by atoms with Crippen molar-refractivity contribution in [1.82, 2.24) is 0 Å². The Hall–Kier alpha value is -3.20. The summed E-state index contributed by atoms with van der Waals surface area (Å²) in [4.78, 5) is 26.2. The van der Waals surface area contributed by atoms with Crippen LogP contribution >= 0.6 is 0 Å². The first-order valence-electron chi connectivity index (χ1n) is 9.76. The van der Waals surface area contributed by atoms with Crippen molar-refractivity contribution in [2.45, 2.75) is 33.6 Å². The van der Waals surface area contributed by atoms with Crippen LogP contribution < -0.4 is 5.32 Å². The van der Waals surface area contributed by atoms with Gasteiger partial charge in [0.15, 0.2) is 11.6 Å². The Morgan fingerprint density at radius 3 is 1.93 bits per heavy atom. The maximum Gasteiger partial charge on any atom is 0.196 e. The standard InChI is InChI=1S/C25H23NO2/c1-4-16-13-15(3)14-17(5-2)23(16)26-21-12-8-11-20-22(21)25(28)19-10-7-6-9-18(19)24(20)27/h6-14,26H,4-5H2,1-3H3. The van der Waals surface area contributed by atoms with Crippen LogP contribution in [0.2, 0.25) is 0 Å². The van der Waals surface area contributed by atoms with E-state index in [1.807, 2.05) is 12.1 Å². The lowest BCUT2D eigenvalue weighted by Crippen LogP contribution is -2.22. The lowest BCUT2D eigenvalue weighted by Gasteiger charge is -2.23. The first kappa shape index (κ1) is 18.2. The molecule has 0 radical (unpaired) electrons. The Morgan fingerprint density at radius 1 is 0.750 bits per heavy atom. The molecule has 0 aliphatic heterocycles. The van der Waals surface area contributed by atoms with Gasteiger partial charge in [-0.05, 0) is 37.0 Å². The highest BCUT2D eigenvalue weighted by atomic mass is 16.1. The van der Waals surface area contributed by atoms with Gasteiger partial charge in [0.25, 0.3) is 0 Å². The van der Waals surface area contributed by atoms with Gasteiger partial charge in [-0.25, -0.2) is 0 Å². The van der Waals surface area contributed by atoms with Crippen LogP contribution in [0.5, 0.6) is 0 Å². The second-order valence-corrected chi connectivity index (χ2v) is 7.22. The van der Waals surface area contributed by atoms with Crippen molar-refractivity contribution >= 4 is 22.9 Å². The summed E-state index contributed by atoms with van der Waals surface area (Å²) in [7, 11) is 0. The van der Waals surface area contributed by atoms with E-state index in [2.05, 4.69) is 38.2 Å². The number of carbonyl (C=O) groups excluding carboxylic acids is 2. The molecule has 3 nitrogen and oxygen atoms in total. The summed E-state index contributed by atoms with van der Waals surface area (Å²) in [6, 6.07) is 16.9. The molecule has 3 aromatic carbocycles. The molecule has 4 rings (SSSR count). The van der Waals surface area contributed by atoms with E-state index in [-0.39, 0.29) is 11.6 Å². The number of ketones is 2. The van der Waals surface area contributed by atoms with Crippen LogP contribution in [0.3, 0.4) is 0 Å². The molecule has 0 saturated carbocycles. The maximum atomic E-state index is 13.2. The van der Waals surface area contributed by atoms with E-state index in [0.29, 0.717) is 27.9 Å². The molecule has 1 aliphatic carbocycles. The summed E-state index contributed by atoms with van der Waals surface area (Å²) in [6.45, 7) is 6.36. The van der Waals surface area contributed by atoms with Gasteiger partial charge in [-0.2, -0.15) is 0 Å². The number of carbonyl (C=O) groups is 2. The van der Waals surface area contributed by atoms with E-state index in [1.54, 1.807) is 30.3 Å². The van der Waals surface area contributed by atoms with Gasteiger partial charge in [0.1, 0.15) is 0 Å². The highest BCUT2D eigenvalue weighted by molar-refractivity contribution is 6.30. The average Bonchev–Trinajstić information content (AvgIpc) is 2.72. The third kappa shape index (κ3) is 2.84. The van der Waals surface area contributed by atoms with Crippen molar-refractivity contribution in [3.63, 3.8) is 0 Å². The Bertz CT molecular complexity index is 1090. The van der Waals surface area contributed by atoms with Crippen molar-refractivity contribution < 1.29 is 9.59 Å². The summed E-state index contributed by atoms with van der Waals surface area (Å²) < 4.78 is 0. The van der Waals surface area contributed by atoms with E-state index in [0.717, 1.165) is 18.5 Å². The van der Waals surface area contributed by atoms with Crippen LogP contribution in [-0.4, -0.2) is 11.6 Å². The lowest BCUT2D eigenvalue weighted by molar-refractivity contribution is 0.0979. The van der Waals surface area contributed by atoms with Gasteiger partial charge in [0, 0.05) is 22.4 Å². The van der Waals surface area contributed by atoms with E-state index in [4.69, 9.17) is 0 Å². The third-order valence-electron chi connectivity index (χ3n) is 5.42. The fourth-order valence-electron chi connectivity index (χ4n) is 4.04. The number of aryl methyl sites for hydroxylation is 3. The molecule has 0 atom stereocenters. The molecule has 3 heteroatoms. The molecule has 0 bridgehead atoms. The number of benzene rings is 3. The Kier molecular flexibility index (Phi) is 4.60. The molecule has 0 heterocycles. The Balaban J connectivity index is 1.87. The van der Waals surface area contributed by atoms with Crippen LogP contribution in [0, 0.1) is 6.92 Å². The minimum atomic E-state index is -0.100. The van der Waals surface area contributed by atoms with Gasteiger partial charge in [-0.1, -0.05) is 67.9 Å². The predicted octanol–water partition coefficient (Wildman–Crippen LogP) is 5.64. The molecule has 0 fully saturated rings. The molecule has 140 valence electrons. The molecule has 28 heavy (non-hydrogen) atoms. The fourth-order valence-corrected chi connectivity index (χ4v) is 4.04. The summed E-state index contributed by atoms with van der Waals surface area (Å²) in [5.74, 6) is -0.194. The Morgan fingerprint density at radius 2 is 1.32 bits per heavy atom. The molecule has 3 aromatic rings. The topological polar surface area (TPSA) is 46.2 Å². The van der Waals surface area contributed by atoms with Crippen molar-refractivity contribution in [2.24, 2.45) is 0 Å². The molecule has 0 aromatic heterocycles. The number of fused-ring (bicyclic) bond motifs is 2. The number of hydrogen-bond donors (Lipinski definition) is 1. The zero-order valence-electron chi connectivity index (χ0n) is 16.4. The summed E-state index contributed by atoms with van der Waals surface area (Å²) >= 11 is 0. The lowest BCUT2D eigenvalue weighted by atomic mass is 9.83. The molecule has 0 saturated heterocycles. The van der Waals surface area contributed by atoms with Crippen LogP contribution in [0.15, 0.2) is 54.6 Å². The molecular formula is C25H23NO2. The van der Waals surface area contributed by atoms with E-state index in [9.17, 15) is 9.59 Å². The molecule has 1 N–H and O–H groups in total. The van der Waals surface area contributed by atoms with E-state index in [1.165, 1.54) is 16.7 Å². The first-order valence-corrected chi connectivity index (χ1v) is 9.76. The summed E-state index contributed by atoms with van der Waals surface area (Å²) in [5.41, 5.74) is 7.29. The number of hydrogen-bond acceptors (Lipinski definition) is 3. The van der Waals surface area contributed by atoms with Gasteiger partial charge < -0.3 is 5.32 Å². The molecule has 0 amide bonds. The van der Waals surface area contributed by atoms with E-state index >= 15 is 0 Å². The van der Waals surface area contributed by atoms with Gasteiger partial charge in [0.05, 0.1) is 11.3 Å². The number of anilines is 2. The zero-order valence-corrected chi connectivity index (χ0v) is 16.4. The van der Waals surface area contributed by atoms with Crippen LogP contribution in [0.1, 0.15) is 62.4 Å². The molecule has 0 spiro atoms. The van der Waals surface area contributed by atoms with Crippen molar-refractivity contribution in [3.05, 3.63) is 93.5 Å². The van der Waals surface area contributed by atoms with Gasteiger partial charge >= 0.3 is 0 Å². The second-order valence-electron chi connectivity index (χ2n) is 7.22. The normalized spacial score (nSPS) is 12.5. The predicted molar refractivity (Wildman–Crippen MR) is 113 cm³/mol. The van der Waals surface area contributed by atoms with Crippen LogP contribution in [0.25, 0.3) is 0 Å². The largest absolute Gasteiger partial charge is 0.354 e. The van der Waals surface area contributed by atoms with Gasteiger partial charge in [-0.15, -0.1) is 0 Å². The smallest absolute Gasteiger partial charge is 0.196 e. The molecule has 1 aliphatic rings. The van der Waals surface area contributed by atoms with Crippen LogP contribution in [-0.2, 0) is 12.8 Å². The summed E-state index contributed by atoms with van der Waals surface area (Å²) in [5, 5.41) is 3.51. The number of rotatable bonds is 4. The highest BCUT2D eigenvalue weighted by Gasteiger charge is 2.31. The van der Waals surface area contributed by atoms with Crippen molar-refractivity contribution in [3.8, 4) is 0 Å². The fraction of sp³-hybridized carbons (Fsp3) is 0.200. The second kappa shape index (κ2) is 7.08.